The van der Waals surface area contributed by atoms with Gasteiger partial charge in [-0.3, -0.25) is 14.7 Å². The minimum atomic E-state index is -0.0924. The largest absolute Gasteiger partial charge is 0.493 e. The number of hydrogen-bond donors (Lipinski definition) is 1. The molecule has 0 spiro atoms. The average molecular weight is 429 g/mol. The Labute approximate surface area is 187 Å². The highest BCUT2D eigenvalue weighted by Crippen LogP contribution is 2.18. The number of hydrogen-bond acceptors (Lipinski definition) is 5. The maximum Gasteiger partial charge on any atom is 0.248 e. The molecule has 164 valence electrons. The lowest BCUT2D eigenvalue weighted by atomic mass is 10.2. The number of piperazine rings is 1. The summed E-state index contributed by atoms with van der Waals surface area (Å²) >= 11 is 0. The molecule has 0 amide bonds. The number of benzene rings is 2. The van der Waals surface area contributed by atoms with Gasteiger partial charge >= 0.3 is 0 Å². The summed E-state index contributed by atoms with van der Waals surface area (Å²) in [6.07, 6.45) is 0.982. The van der Waals surface area contributed by atoms with Gasteiger partial charge in [-0.1, -0.05) is 24.3 Å². The Bertz CT molecular complexity index is 1260. The van der Waals surface area contributed by atoms with Crippen LogP contribution in [0.25, 0.3) is 21.8 Å². The van der Waals surface area contributed by atoms with E-state index in [1.807, 2.05) is 30.3 Å². The van der Waals surface area contributed by atoms with Crippen LogP contribution in [0, 0.1) is 0 Å². The van der Waals surface area contributed by atoms with Crippen LogP contribution in [-0.4, -0.2) is 59.1 Å². The SMILES string of the molecule is O=c1ccc2ccc(OCCCN3CCN(Cc4ccc5ccccc5n4)CC3)cc2[nH]1. The standard InChI is InChI=1S/C26H28N4O2/c31-26-11-8-21-7-10-23(18-25(21)28-26)32-17-3-12-29-13-15-30(16-14-29)19-22-9-6-20-4-1-2-5-24(20)27-22/h1-2,4-11,18H,3,12-17,19H2,(H,28,31). The van der Waals surface area contributed by atoms with Gasteiger partial charge in [0.15, 0.2) is 0 Å². The number of fused-ring (bicyclic) bond motifs is 2. The monoisotopic (exact) mass is 428 g/mol. The Morgan fingerprint density at radius 3 is 2.56 bits per heavy atom. The molecule has 1 N–H and O–H groups in total. The molecular formula is C26H28N4O2. The summed E-state index contributed by atoms with van der Waals surface area (Å²) in [4.78, 5) is 24.2. The van der Waals surface area contributed by atoms with E-state index in [2.05, 4.69) is 45.1 Å². The van der Waals surface area contributed by atoms with Crippen LogP contribution >= 0.6 is 0 Å². The van der Waals surface area contributed by atoms with Crippen molar-refractivity contribution >= 4 is 21.8 Å². The molecule has 0 atom stereocenters. The third kappa shape index (κ3) is 4.98. The van der Waals surface area contributed by atoms with Gasteiger partial charge in [-0.05, 0) is 42.1 Å². The van der Waals surface area contributed by atoms with Crippen LogP contribution in [0.5, 0.6) is 5.75 Å². The third-order valence-electron chi connectivity index (χ3n) is 6.09. The minimum Gasteiger partial charge on any atom is -0.493 e. The highest BCUT2D eigenvalue weighted by atomic mass is 16.5. The van der Waals surface area contributed by atoms with E-state index in [0.717, 1.165) is 73.6 Å². The van der Waals surface area contributed by atoms with E-state index in [-0.39, 0.29) is 5.56 Å². The number of ether oxygens (including phenoxy) is 1. The van der Waals surface area contributed by atoms with Gasteiger partial charge in [0.1, 0.15) is 5.75 Å². The van der Waals surface area contributed by atoms with Gasteiger partial charge < -0.3 is 14.6 Å². The first-order valence-corrected chi connectivity index (χ1v) is 11.3. The minimum absolute atomic E-state index is 0.0924. The zero-order valence-electron chi connectivity index (χ0n) is 18.2. The molecule has 6 heteroatoms. The molecule has 0 saturated carbocycles. The Kier molecular flexibility index (Phi) is 6.14. The maximum atomic E-state index is 11.5. The number of aromatic nitrogens is 2. The zero-order valence-corrected chi connectivity index (χ0v) is 18.2. The van der Waals surface area contributed by atoms with Crippen LogP contribution in [-0.2, 0) is 6.54 Å². The summed E-state index contributed by atoms with van der Waals surface area (Å²) < 4.78 is 5.91. The lowest BCUT2D eigenvalue weighted by Gasteiger charge is -2.34. The molecule has 0 aliphatic carbocycles. The molecule has 2 aromatic heterocycles. The zero-order chi connectivity index (χ0) is 21.8. The second-order valence-electron chi connectivity index (χ2n) is 8.39. The van der Waals surface area contributed by atoms with E-state index < -0.39 is 0 Å². The van der Waals surface area contributed by atoms with E-state index in [4.69, 9.17) is 9.72 Å². The number of pyridine rings is 2. The van der Waals surface area contributed by atoms with Crippen LogP contribution in [0.2, 0.25) is 0 Å². The van der Waals surface area contributed by atoms with Crippen molar-refractivity contribution in [2.24, 2.45) is 0 Å². The smallest absolute Gasteiger partial charge is 0.248 e. The van der Waals surface area contributed by atoms with Crippen LogP contribution in [0.3, 0.4) is 0 Å². The first-order chi connectivity index (χ1) is 15.7. The topological polar surface area (TPSA) is 61.5 Å². The highest BCUT2D eigenvalue weighted by Gasteiger charge is 2.17. The summed E-state index contributed by atoms with van der Waals surface area (Å²) in [5.74, 6) is 0.798. The molecule has 1 fully saturated rings. The number of aromatic amines is 1. The van der Waals surface area contributed by atoms with E-state index in [0.29, 0.717) is 6.61 Å². The molecule has 0 radical (unpaired) electrons. The summed E-state index contributed by atoms with van der Waals surface area (Å²) in [6, 6.07) is 21.8. The van der Waals surface area contributed by atoms with Crippen LogP contribution in [0.15, 0.2) is 71.5 Å². The van der Waals surface area contributed by atoms with E-state index in [1.54, 1.807) is 6.07 Å². The number of rotatable bonds is 7. The fourth-order valence-corrected chi connectivity index (χ4v) is 4.29. The van der Waals surface area contributed by atoms with Crippen molar-refractivity contribution in [3.63, 3.8) is 0 Å². The van der Waals surface area contributed by atoms with E-state index in [1.165, 1.54) is 5.39 Å². The first-order valence-electron chi connectivity index (χ1n) is 11.3. The van der Waals surface area contributed by atoms with Gasteiger partial charge in [-0.25, -0.2) is 0 Å². The van der Waals surface area contributed by atoms with Crippen molar-refractivity contribution in [2.75, 3.05) is 39.3 Å². The predicted molar refractivity (Wildman–Crippen MR) is 128 cm³/mol. The molecule has 2 aromatic carbocycles. The van der Waals surface area contributed by atoms with E-state index in [9.17, 15) is 4.79 Å². The molecule has 0 unspecified atom stereocenters. The quantitative estimate of drug-likeness (QED) is 0.455. The van der Waals surface area contributed by atoms with Gasteiger partial charge in [0.25, 0.3) is 0 Å². The fraction of sp³-hybridized carbons (Fsp3) is 0.308. The Balaban J connectivity index is 1.05. The summed E-state index contributed by atoms with van der Waals surface area (Å²) in [7, 11) is 0. The van der Waals surface area contributed by atoms with Crippen LogP contribution in [0.1, 0.15) is 12.1 Å². The van der Waals surface area contributed by atoms with Crippen LogP contribution < -0.4 is 10.3 Å². The average Bonchev–Trinajstić information content (AvgIpc) is 2.82. The van der Waals surface area contributed by atoms with Crippen molar-refractivity contribution in [1.82, 2.24) is 19.8 Å². The Hall–Kier alpha value is -3.22. The lowest BCUT2D eigenvalue weighted by molar-refractivity contribution is 0.120. The van der Waals surface area contributed by atoms with Gasteiger partial charge in [0, 0.05) is 56.8 Å². The van der Waals surface area contributed by atoms with Gasteiger partial charge in [-0.15, -0.1) is 0 Å². The van der Waals surface area contributed by atoms with Gasteiger partial charge in [-0.2, -0.15) is 0 Å². The van der Waals surface area contributed by atoms with Gasteiger partial charge in [0.05, 0.1) is 23.3 Å². The molecule has 3 heterocycles. The van der Waals surface area contributed by atoms with E-state index >= 15 is 0 Å². The molecule has 1 aliphatic rings. The molecule has 6 nitrogen and oxygen atoms in total. The van der Waals surface area contributed by atoms with Crippen molar-refractivity contribution < 1.29 is 4.74 Å². The van der Waals surface area contributed by atoms with Crippen molar-refractivity contribution in [1.29, 1.82) is 0 Å². The second kappa shape index (κ2) is 9.51. The van der Waals surface area contributed by atoms with Crippen molar-refractivity contribution in [2.45, 2.75) is 13.0 Å². The number of nitrogens with zero attached hydrogens (tertiary/aromatic N) is 3. The summed E-state index contributed by atoms with van der Waals surface area (Å²) in [6.45, 7) is 6.89. The van der Waals surface area contributed by atoms with Crippen molar-refractivity contribution in [3.8, 4) is 5.75 Å². The van der Waals surface area contributed by atoms with Crippen molar-refractivity contribution in [3.05, 3.63) is 82.8 Å². The number of para-hydroxylation sites is 1. The Morgan fingerprint density at radius 1 is 0.875 bits per heavy atom. The normalized spacial score (nSPS) is 15.4. The molecule has 0 bridgehead atoms. The lowest BCUT2D eigenvalue weighted by Crippen LogP contribution is -2.46. The highest BCUT2D eigenvalue weighted by molar-refractivity contribution is 5.79. The first kappa shape index (κ1) is 20.7. The number of nitrogens with one attached hydrogen (secondary N) is 1. The summed E-state index contributed by atoms with van der Waals surface area (Å²) in [5, 5.41) is 2.20. The molecule has 32 heavy (non-hydrogen) atoms. The predicted octanol–water partition coefficient (Wildman–Crippen LogP) is 3.66. The molecule has 1 saturated heterocycles. The van der Waals surface area contributed by atoms with Gasteiger partial charge in [0.2, 0.25) is 5.56 Å². The Morgan fingerprint density at radius 2 is 1.66 bits per heavy atom. The molecular weight excluding hydrogens is 400 g/mol. The third-order valence-corrected chi connectivity index (χ3v) is 6.09. The van der Waals surface area contributed by atoms with Crippen LogP contribution in [0.4, 0.5) is 0 Å². The molecule has 4 aromatic rings. The molecule has 1 aliphatic heterocycles. The maximum absolute atomic E-state index is 11.5. The molecule has 5 rings (SSSR count). The summed E-state index contributed by atoms with van der Waals surface area (Å²) in [5.41, 5.74) is 2.93. The second-order valence-corrected chi connectivity index (χ2v) is 8.39. The fourth-order valence-electron chi connectivity index (χ4n) is 4.29. The number of H-pyrrole nitrogens is 1.